The van der Waals surface area contributed by atoms with Crippen molar-refractivity contribution in [2.45, 2.75) is 12.6 Å². The second-order valence-corrected chi connectivity index (χ2v) is 8.63. The van der Waals surface area contributed by atoms with Crippen LogP contribution in [-0.4, -0.2) is 34.7 Å². The summed E-state index contributed by atoms with van der Waals surface area (Å²) in [5.74, 6) is 0.829. The number of hydrogen-bond donors (Lipinski definition) is 3. The van der Waals surface area contributed by atoms with E-state index in [-0.39, 0.29) is 0 Å². The van der Waals surface area contributed by atoms with Crippen LogP contribution in [-0.2, 0) is 6.54 Å². The highest BCUT2D eigenvalue weighted by atomic mass is 16.5. The molecule has 0 aliphatic heterocycles. The van der Waals surface area contributed by atoms with Crippen LogP contribution in [0.2, 0.25) is 0 Å². The average Bonchev–Trinajstić information content (AvgIpc) is 3.22. The first-order chi connectivity index (χ1) is 16.7. The molecule has 0 aliphatic carbocycles. The van der Waals surface area contributed by atoms with Crippen molar-refractivity contribution in [1.82, 2.24) is 9.88 Å². The van der Waals surface area contributed by atoms with Crippen molar-refractivity contribution in [3.05, 3.63) is 108 Å². The molecular formula is C29H29N3O2. The molecule has 0 spiro atoms. The van der Waals surface area contributed by atoms with Crippen molar-refractivity contribution >= 4 is 27.5 Å². The summed E-state index contributed by atoms with van der Waals surface area (Å²) in [7, 11) is 0. The number of benzene rings is 4. The number of fused-ring (bicyclic) bond motifs is 3. The number of para-hydroxylation sites is 1. The predicted octanol–water partition coefficient (Wildman–Crippen LogP) is 5.52. The number of rotatable bonds is 9. The van der Waals surface area contributed by atoms with Crippen LogP contribution >= 0.6 is 0 Å². The Morgan fingerprint density at radius 2 is 1.62 bits per heavy atom. The molecule has 5 heteroatoms. The van der Waals surface area contributed by atoms with Crippen LogP contribution < -0.4 is 10.5 Å². The smallest absolute Gasteiger partial charge is 0.121 e. The van der Waals surface area contributed by atoms with Crippen LogP contribution in [0.15, 0.2) is 97.1 Å². The van der Waals surface area contributed by atoms with Gasteiger partial charge in [-0.3, -0.25) is 4.90 Å². The summed E-state index contributed by atoms with van der Waals surface area (Å²) in [5, 5.41) is 13.3. The largest absolute Gasteiger partial charge is 0.492 e. The summed E-state index contributed by atoms with van der Waals surface area (Å²) in [6.07, 6.45) is -0.630. The molecular weight excluding hydrogens is 422 g/mol. The van der Waals surface area contributed by atoms with Crippen molar-refractivity contribution < 1.29 is 9.84 Å². The van der Waals surface area contributed by atoms with Crippen LogP contribution in [0.3, 0.4) is 0 Å². The Morgan fingerprint density at radius 3 is 2.47 bits per heavy atom. The third-order valence-electron chi connectivity index (χ3n) is 6.13. The van der Waals surface area contributed by atoms with Gasteiger partial charge in [0.25, 0.3) is 0 Å². The number of nitrogens with two attached hydrogens (primary N) is 1. The molecule has 0 saturated heterocycles. The Labute approximate surface area is 199 Å². The molecule has 34 heavy (non-hydrogen) atoms. The van der Waals surface area contributed by atoms with Gasteiger partial charge in [0.15, 0.2) is 0 Å². The minimum Gasteiger partial charge on any atom is -0.492 e. The lowest BCUT2D eigenvalue weighted by Gasteiger charge is -2.25. The first-order valence-electron chi connectivity index (χ1n) is 11.6. The second-order valence-electron chi connectivity index (χ2n) is 8.63. The van der Waals surface area contributed by atoms with Gasteiger partial charge in [0.2, 0.25) is 0 Å². The highest BCUT2D eigenvalue weighted by Crippen LogP contribution is 2.28. The van der Waals surface area contributed by atoms with Crippen LogP contribution in [0.25, 0.3) is 21.8 Å². The van der Waals surface area contributed by atoms with E-state index in [4.69, 9.17) is 10.5 Å². The lowest BCUT2D eigenvalue weighted by atomic mass is 10.1. The lowest BCUT2D eigenvalue weighted by Crippen LogP contribution is -2.32. The minimum atomic E-state index is -0.630. The van der Waals surface area contributed by atoms with E-state index in [0.29, 0.717) is 25.4 Å². The molecule has 0 radical (unpaired) electrons. The molecule has 0 unspecified atom stereocenters. The number of aromatic nitrogens is 1. The van der Waals surface area contributed by atoms with E-state index < -0.39 is 6.10 Å². The van der Waals surface area contributed by atoms with Crippen molar-refractivity contribution in [1.29, 1.82) is 0 Å². The standard InChI is InChI=1S/C29H29N3O2/c30-23-10-6-9-22(17-23)29(33)20-32(19-21-7-2-1-3-8-21)15-16-34-24-13-14-26-25-11-4-5-12-27(25)31-28(26)18-24/h1-14,17-18,29,31,33H,15-16,19-20,30H2/t29-/m0/s1. The Morgan fingerprint density at radius 1 is 0.824 bits per heavy atom. The third-order valence-corrected chi connectivity index (χ3v) is 6.13. The molecule has 4 aromatic carbocycles. The Balaban J connectivity index is 1.27. The van der Waals surface area contributed by atoms with Gasteiger partial charge >= 0.3 is 0 Å². The second kappa shape index (κ2) is 10.00. The highest BCUT2D eigenvalue weighted by Gasteiger charge is 2.15. The van der Waals surface area contributed by atoms with Crippen molar-refractivity contribution in [3.63, 3.8) is 0 Å². The van der Waals surface area contributed by atoms with Gasteiger partial charge in [-0.15, -0.1) is 0 Å². The number of aliphatic hydroxyl groups is 1. The van der Waals surface area contributed by atoms with E-state index >= 15 is 0 Å². The lowest BCUT2D eigenvalue weighted by molar-refractivity contribution is 0.0986. The molecule has 4 N–H and O–H groups in total. The Hall–Kier alpha value is -3.80. The summed E-state index contributed by atoms with van der Waals surface area (Å²) in [4.78, 5) is 5.68. The topological polar surface area (TPSA) is 74.5 Å². The Kier molecular flexibility index (Phi) is 6.47. The molecule has 1 aromatic heterocycles. The Bertz CT molecular complexity index is 1380. The molecule has 5 nitrogen and oxygen atoms in total. The summed E-state index contributed by atoms with van der Waals surface area (Å²) >= 11 is 0. The maximum atomic E-state index is 10.9. The van der Waals surface area contributed by atoms with Crippen LogP contribution in [0, 0.1) is 0 Å². The first kappa shape index (κ1) is 22.0. The normalized spacial score (nSPS) is 12.4. The zero-order valence-electron chi connectivity index (χ0n) is 19.0. The molecule has 1 atom stereocenters. The maximum absolute atomic E-state index is 10.9. The summed E-state index contributed by atoms with van der Waals surface area (Å²) < 4.78 is 6.12. The molecule has 0 bridgehead atoms. The van der Waals surface area contributed by atoms with Gasteiger partial charge in [-0.25, -0.2) is 0 Å². The minimum absolute atomic E-state index is 0.489. The number of ether oxygens (including phenoxy) is 1. The van der Waals surface area contributed by atoms with Crippen molar-refractivity contribution in [2.75, 3.05) is 25.4 Å². The number of nitrogen functional groups attached to an aromatic ring is 1. The summed E-state index contributed by atoms with van der Waals surface area (Å²) in [5.41, 5.74) is 10.8. The fourth-order valence-electron chi connectivity index (χ4n) is 4.41. The van der Waals surface area contributed by atoms with E-state index in [1.807, 2.05) is 54.6 Å². The van der Waals surface area contributed by atoms with Crippen LogP contribution in [0.5, 0.6) is 5.75 Å². The predicted molar refractivity (Wildman–Crippen MR) is 139 cm³/mol. The fourth-order valence-corrected chi connectivity index (χ4v) is 4.41. The van der Waals surface area contributed by atoms with Gasteiger partial charge in [0.05, 0.1) is 11.6 Å². The van der Waals surface area contributed by atoms with Gasteiger partial charge in [-0.05, 0) is 41.5 Å². The number of anilines is 1. The van der Waals surface area contributed by atoms with Gasteiger partial charge in [-0.1, -0.05) is 60.7 Å². The molecule has 1 heterocycles. The van der Waals surface area contributed by atoms with Crippen LogP contribution in [0.1, 0.15) is 17.2 Å². The molecule has 0 aliphatic rings. The number of H-pyrrole nitrogens is 1. The molecule has 0 saturated carbocycles. The van der Waals surface area contributed by atoms with E-state index in [1.165, 1.54) is 16.3 Å². The number of nitrogens with one attached hydrogen (secondary N) is 1. The average molecular weight is 452 g/mol. The van der Waals surface area contributed by atoms with E-state index in [1.54, 1.807) is 0 Å². The fraction of sp³-hybridized carbons (Fsp3) is 0.172. The van der Waals surface area contributed by atoms with Crippen molar-refractivity contribution in [2.24, 2.45) is 0 Å². The highest BCUT2D eigenvalue weighted by molar-refractivity contribution is 6.07. The van der Waals surface area contributed by atoms with E-state index in [2.05, 4.69) is 52.3 Å². The molecule has 0 fully saturated rings. The monoisotopic (exact) mass is 451 g/mol. The zero-order valence-corrected chi connectivity index (χ0v) is 19.0. The van der Waals surface area contributed by atoms with Gasteiger partial charge in [0, 0.05) is 47.7 Å². The van der Waals surface area contributed by atoms with E-state index in [9.17, 15) is 5.11 Å². The maximum Gasteiger partial charge on any atom is 0.121 e. The summed E-state index contributed by atoms with van der Waals surface area (Å²) in [6.45, 7) is 2.41. The summed E-state index contributed by atoms with van der Waals surface area (Å²) in [6, 6.07) is 32.2. The SMILES string of the molecule is Nc1cccc([C@@H](O)CN(CCOc2ccc3c(c2)[nH]c2ccccc23)Cc2ccccc2)c1. The number of nitrogens with zero attached hydrogens (tertiary/aromatic N) is 1. The third kappa shape index (κ3) is 5.06. The van der Waals surface area contributed by atoms with Gasteiger partial charge in [0.1, 0.15) is 12.4 Å². The number of aromatic amines is 1. The van der Waals surface area contributed by atoms with Crippen molar-refractivity contribution in [3.8, 4) is 5.75 Å². The van der Waals surface area contributed by atoms with E-state index in [0.717, 1.165) is 28.9 Å². The first-order valence-corrected chi connectivity index (χ1v) is 11.6. The molecule has 0 amide bonds. The van der Waals surface area contributed by atoms with Gasteiger partial charge in [-0.2, -0.15) is 0 Å². The molecule has 5 rings (SSSR count). The molecule has 5 aromatic rings. The quantitative estimate of drug-likeness (QED) is 0.258. The molecule has 172 valence electrons. The number of hydrogen-bond acceptors (Lipinski definition) is 4. The van der Waals surface area contributed by atoms with Crippen LogP contribution in [0.4, 0.5) is 5.69 Å². The number of aliphatic hydroxyl groups excluding tert-OH is 1. The van der Waals surface area contributed by atoms with Gasteiger partial charge < -0.3 is 20.6 Å². The zero-order chi connectivity index (χ0) is 23.3.